The third-order valence-corrected chi connectivity index (χ3v) is 5.03. The number of pyridine rings is 1. The summed E-state index contributed by atoms with van der Waals surface area (Å²) in [7, 11) is 0. The van der Waals surface area contributed by atoms with E-state index in [4.69, 9.17) is 22.1 Å². The Balaban J connectivity index is 1.66. The molecule has 1 aromatic rings. The predicted octanol–water partition coefficient (Wildman–Crippen LogP) is 4.26. The van der Waals surface area contributed by atoms with Crippen LogP contribution in [0.25, 0.3) is 0 Å². The lowest BCUT2D eigenvalue weighted by Gasteiger charge is -2.30. The van der Waals surface area contributed by atoms with Gasteiger partial charge in [0.05, 0.1) is 0 Å². The topological polar surface area (TPSA) is 48.1 Å². The molecule has 2 unspecified atom stereocenters. The molecule has 4 heteroatoms. The van der Waals surface area contributed by atoms with Gasteiger partial charge in [0.1, 0.15) is 5.82 Å². The molecular weight excluding hydrogens is 296 g/mol. The maximum atomic E-state index is 6.16. The molecule has 0 amide bonds. The van der Waals surface area contributed by atoms with Crippen LogP contribution in [-0.2, 0) is 4.74 Å². The maximum absolute atomic E-state index is 6.16. The molecule has 1 aliphatic heterocycles. The molecule has 2 heterocycles. The zero-order valence-electron chi connectivity index (χ0n) is 12.7. The van der Waals surface area contributed by atoms with E-state index in [9.17, 15) is 0 Å². The fraction of sp³-hybridized carbons (Fsp3) is 0.500. The Morgan fingerprint density at radius 2 is 2.14 bits per heavy atom. The highest BCUT2D eigenvalue weighted by Gasteiger charge is 2.25. The van der Waals surface area contributed by atoms with Crippen LogP contribution in [0.2, 0.25) is 0 Å². The van der Waals surface area contributed by atoms with Gasteiger partial charge in [0.15, 0.2) is 0 Å². The van der Waals surface area contributed by atoms with Crippen LogP contribution >= 0.6 is 11.6 Å². The van der Waals surface area contributed by atoms with Crippen molar-refractivity contribution in [1.82, 2.24) is 4.98 Å². The van der Waals surface area contributed by atoms with E-state index in [2.05, 4.69) is 23.2 Å². The Bertz CT molecular complexity index is 553. The molecule has 2 N–H and O–H groups in total. The first-order valence-electron chi connectivity index (χ1n) is 8.05. The largest absolute Gasteiger partial charge is 0.384 e. The number of aromatic nitrogens is 1. The molecule has 2 aliphatic rings. The van der Waals surface area contributed by atoms with Gasteiger partial charge >= 0.3 is 0 Å². The van der Waals surface area contributed by atoms with Crippen LogP contribution in [0.15, 0.2) is 41.6 Å². The van der Waals surface area contributed by atoms with Gasteiger partial charge < -0.3 is 10.5 Å². The Morgan fingerprint density at radius 3 is 2.91 bits per heavy atom. The molecule has 1 aliphatic carbocycles. The van der Waals surface area contributed by atoms with Crippen LogP contribution in [0.4, 0.5) is 5.82 Å². The second-order valence-corrected chi connectivity index (χ2v) is 6.70. The molecule has 0 saturated carbocycles. The SMILES string of the molecule is Nc1ccc(C2CCOC[C@@H](C3C=C(Cl)C=CC3)CC2)cn1. The Kier molecular flexibility index (Phi) is 5.16. The fourth-order valence-corrected chi connectivity index (χ4v) is 3.68. The summed E-state index contributed by atoms with van der Waals surface area (Å²) in [6, 6.07) is 3.99. The van der Waals surface area contributed by atoms with Gasteiger partial charge in [0, 0.05) is 24.4 Å². The summed E-state index contributed by atoms with van der Waals surface area (Å²) in [5.74, 6) is 2.14. The quantitative estimate of drug-likeness (QED) is 0.886. The molecule has 3 nitrogen and oxygen atoms in total. The van der Waals surface area contributed by atoms with Gasteiger partial charge in [-0.1, -0.05) is 29.8 Å². The number of hydrogen-bond donors (Lipinski definition) is 1. The Hall–Kier alpha value is -1.32. The summed E-state index contributed by atoms with van der Waals surface area (Å²) in [5, 5.41) is 0.859. The summed E-state index contributed by atoms with van der Waals surface area (Å²) < 4.78 is 5.91. The van der Waals surface area contributed by atoms with Gasteiger partial charge in [-0.15, -0.1) is 0 Å². The van der Waals surface area contributed by atoms with E-state index >= 15 is 0 Å². The molecule has 0 aromatic carbocycles. The van der Waals surface area contributed by atoms with E-state index in [1.165, 1.54) is 12.0 Å². The molecule has 22 heavy (non-hydrogen) atoms. The van der Waals surface area contributed by atoms with E-state index in [-0.39, 0.29) is 0 Å². The minimum Gasteiger partial charge on any atom is -0.384 e. The fourth-order valence-electron chi connectivity index (χ4n) is 3.43. The lowest BCUT2D eigenvalue weighted by atomic mass is 9.80. The van der Waals surface area contributed by atoms with Crippen LogP contribution in [0.5, 0.6) is 0 Å². The molecule has 3 rings (SSSR count). The standard InChI is InChI=1S/C18H23ClN2O/c19-17-3-1-2-14(10-17)16-5-4-13(8-9-22-12-16)15-6-7-18(20)21-11-15/h1,3,6-7,10-11,13-14,16H,2,4-5,8-9,12H2,(H2,20,21)/t13?,14?,16-/m0/s1. The van der Waals surface area contributed by atoms with E-state index in [1.54, 1.807) is 0 Å². The Labute approximate surface area is 137 Å². The van der Waals surface area contributed by atoms with Crippen molar-refractivity contribution in [3.63, 3.8) is 0 Å². The van der Waals surface area contributed by atoms with Gasteiger partial charge in [0.2, 0.25) is 0 Å². The van der Waals surface area contributed by atoms with Crippen LogP contribution in [-0.4, -0.2) is 18.2 Å². The first-order valence-corrected chi connectivity index (χ1v) is 8.43. The molecule has 1 saturated heterocycles. The van der Waals surface area contributed by atoms with Gasteiger partial charge in [-0.2, -0.15) is 0 Å². The number of anilines is 1. The number of hydrogen-bond acceptors (Lipinski definition) is 3. The van der Waals surface area contributed by atoms with Crippen molar-refractivity contribution in [2.24, 2.45) is 11.8 Å². The molecule has 1 aromatic heterocycles. The number of nitrogens with two attached hydrogens (primary N) is 1. The number of nitrogens with zero attached hydrogens (tertiary/aromatic N) is 1. The van der Waals surface area contributed by atoms with Gasteiger partial charge in [0.25, 0.3) is 0 Å². The zero-order chi connectivity index (χ0) is 15.4. The van der Waals surface area contributed by atoms with Crippen LogP contribution in [0.1, 0.15) is 37.2 Å². The van der Waals surface area contributed by atoms with E-state index in [1.807, 2.05) is 18.3 Å². The highest BCUT2D eigenvalue weighted by Crippen LogP contribution is 2.34. The summed E-state index contributed by atoms with van der Waals surface area (Å²) in [6.07, 6.45) is 12.7. The van der Waals surface area contributed by atoms with Crippen molar-refractivity contribution in [2.45, 2.75) is 31.6 Å². The number of nitrogen functional groups attached to an aromatic ring is 1. The van der Waals surface area contributed by atoms with Gasteiger partial charge in [-0.05, 0) is 61.1 Å². The minimum atomic E-state index is 0.501. The second kappa shape index (κ2) is 7.30. The average Bonchev–Trinajstić information content (AvgIpc) is 2.49. The molecule has 0 spiro atoms. The predicted molar refractivity (Wildman–Crippen MR) is 90.7 cm³/mol. The second-order valence-electron chi connectivity index (χ2n) is 6.27. The van der Waals surface area contributed by atoms with E-state index in [0.717, 1.165) is 37.5 Å². The normalized spacial score (nSPS) is 29.5. The first-order chi connectivity index (χ1) is 10.7. The van der Waals surface area contributed by atoms with Crippen LogP contribution in [0, 0.1) is 11.8 Å². The van der Waals surface area contributed by atoms with Gasteiger partial charge in [-0.25, -0.2) is 4.98 Å². The monoisotopic (exact) mass is 318 g/mol. The smallest absolute Gasteiger partial charge is 0.123 e. The molecule has 0 radical (unpaired) electrons. The number of ether oxygens (including phenoxy) is 1. The van der Waals surface area contributed by atoms with Crippen molar-refractivity contribution < 1.29 is 4.74 Å². The first kappa shape index (κ1) is 15.6. The van der Waals surface area contributed by atoms with Crippen molar-refractivity contribution >= 4 is 17.4 Å². The average molecular weight is 319 g/mol. The lowest BCUT2D eigenvalue weighted by molar-refractivity contribution is 0.0610. The van der Waals surface area contributed by atoms with Crippen molar-refractivity contribution in [2.75, 3.05) is 18.9 Å². The van der Waals surface area contributed by atoms with Crippen molar-refractivity contribution in [3.8, 4) is 0 Å². The van der Waals surface area contributed by atoms with Crippen molar-refractivity contribution in [3.05, 3.63) is 47.2 Å². The Morgan fingerprint density at radius 1 is 1.23 bits per heavy atom. The summed E-state index contributed by atoms with van der Waals surface area (Å²) >= 11 is 6.16. The van der Waals surface area contributed by atoms with Crippen LogP contribution in [0.3, 0.4) is 0 Å². The molecule has 0 bridgehead atoms. The summed E-state index contributed by atoms with van der Waals surface area (Å²) in [5.41, 5.74) is 6.96. The molecular formula is C18H23ClN2O. The van der Waals surface area contributed by atoms with Crippen molar-refractivity contribution in [1.29, 1.82) is 0 Å². The number of halogens is 1. The molecule has 3 atom stereocenters. The third-order valence-electron chi connectivity index (χ3n) is 4.77. The van der Waals surface area contributed by atoms with E-state index < -0.39 is 0 Å². The maximum Gasteiger partial charge on any atom is 0.123 e. The minimum absolute atomic E-state index is 0.501. The van der Waals surface area contributed by atoms with Gasteiger partial charge in [-0.3, -0.25) is 0 Å². The zero-order valence-corrected chi connectivity index (χ0v) is 13.5. The number of allylic oxidation sites excluding steroid dienone is 4. The highest BCUT2D eigenvalue weighted by molar-refractivity contribution is 6.31. The molecule has 118 valence electrons. The highest BCUT2D eigenvalue weighted by atomic mass is 35.5. The number of rotatable bonds is 2. The summed E-state index contributed by atoms with van der Waals surface area (Å²) in [6.45, 7) is 1.65. The van der Waals surface area contributed by atoms with E-state index in [0.29, 0.717) is 23.6 Å². The third kappa shape index (κ3) is 3.90. The summed E-state index contributed by atoms with van der Waals surface area (Å²) in [4.78, 5) is 4.23. The van der Waals surface area contributed by atoms with Crippen LogP contribution < -0.4 is 5.73 Å². The molecule has 1 fully saturated rings. The lowest BCUT2D eigenvalue weighted by Crippen LogP contribution is -2.24.